The van der Waals surface area contributed by atoms with Crippen molar-refractivity contribution in [2.75, 3.05) is 4.90 Å². The van der Waals surface area contributed by atoms with E-state index in [1.54, 1.807) is 11.1 Å². The predicted octanol–water partition coefficient (Wildman–Crippen LogP) is 14.8. The van der Waals surface area contributed by atoms with Gasteiger partial charge in [-0.1, -0.05) is 107 Å². The maximum Gasteiger partial charge on any atom is 0.137 e. The molecular formula is C54H51NO. The van der Waals surface area contributed by atoms with Gasteiger partial charge in [-0.15, -0.1) is 0 Å². The number of nitrogens with zero attached hydrogens (tertiary/aromatic N) is 1. The first kappa shape index (κ1) is 33.1. The summed E-state index contributed by atoms with van der Waals surface area (Å²) in [5, 5.41) is 2.32. The van der Waals surface area contributed by atoms with Gasteiger partial charge < -0.3 is 9.32 Å². The molecule has 278 valence electrons. The number of anilines is 3. The Morgan fingerprint density at radius 1 is 0.500 bits per heavy atom. The van der Waals surface area contributed by atoms with Gasteiger partial charge in [0, 0.05) is 33.6 Å². The van der Waals surface area contributed by atoms with Crippen LogP contribution in [0, 0.1) is 23.7 Å². The van der Waals surface area contributed by atoms with E-state index in [0.717, 1.165) is 57.7 Å². The molecule has 0 radical (unpaired) electrons. The van der Waals surface area contributed by atoms with Crippen LogP contribution in [0.3, 0.4) is 0 Å². The van der Waals surface area contributed by atoms with Crippen molar-refractivity contribution in [3.05, 3.63) is 150 Å². The molecule has 0 aliphatic heterocycles. The third-order valence-electron chi connectivity index (χ3n) is 15.7. The van der Waals surface area contributed by atoms with Crippen molar-refractivity contribution < 1.29 is 4.42 Å². The Morgan fingerprint density at radius 2 is 1.14 bits per heavy atom. The number of fused-ring (bicyclic) bond motifs is 7. The molecule has 0 N–H and O–H groups in total. The maximum absolute atomic E-state index is 6.49. The minimum atomic E-state index is 0.0407. The van der Waals surface area contributed by atoms with Crippen LogP contribution in [0.4, 0.5) is 17.1 Å². The number of benzene rings is 6. The summed E-state index contributed by atoms with van der Waals surface area (Å²) in [6.45, 7) is 9.73. The number of furan rings is 1. The summed E-state index contributed by atoms with van der Waals surface area (Å²) in [6, 6.07) is 48.6. The molecule has 6 aliphatic carbocycles. The molecule has 6 aliphatic rings. The highest BCUT2D eigenvalue weighted by Crippen LogP contribution is 2.69. The summed E-state index contributed by atoms with van der Waals surface area (Å²) < 4.78 is 6.49. The zero-order valence-electron chi connectivity index (χ0n) is 33.2. The van der Waals surface area contributed by atoms with Gasteiger partial charge in [0.05, 0.1) is 5.69 Å². The molecule has 7 aromatic rings. The summed E-state index contributed by atoms with van der Waals surface area (Å²) >= 11 is 0. The fourth-order valence-electron chi connectivity index (χ4n) is 13.3. The Kier molecular flexibility index (Phi) is 6.80. The van der Waals surface area contributed by atoms with Crippen LogP contribution >= 0.6 is 0 Å². The van der Waals surface area contributed by atoms with E-state index < -0.39 is 0 Å². The molecule has 2 heteroatoms. The van der Waals surface area contributed by atoms with Crippen molar-refractivity contribution in [1.82, 2.24) is 0 Å². The highest BCUT2D eigenvalue weighted by molar-refractivity contribution is 6.06. The highest BCUT2D eigenvalue weighted by Gasteiger charge is 2.61. The van der Waals surface area contributed by atoms with E-state index in [2.05, 4.69) is 160 Å². The SMILES string of the molecule is CC1(C)CCC(C)(C)c2c(N(c3ccc(-c4ccc5c(c4)C4(c6ccccc6-5)C5CC6CC(C5)CC4C6)cc3)c3ccc4c(c3)oc3ccccc34)cccc21. The number of para-hydroxylation sites is 1. The lowest BCUT2D eigenvalue weighted by Gasteiger charge is -2.61. The van der Waals surface area contributed by atoms with Crippen LogP contribution in [0.25, 0.3) is 44.2 Å². The normalized spacial score (nSPS) is 26.1. The molecule has 0 atom stereocenters. The highest BCUT2D eigenvalue weighted by atomic mass is 16.3. The Hall–Kier alpha value is -5.08. The van der Waals surface area contributed by atoms with Gasteiger partial charge in [-0.05, 0) is 166 Å². The van der Waals surface area contributed by atoms with Gasteiger partial charge in [0.25, 0.3) is 0 Å². The van der Waals surface area contributed by atoms with Crippen LogP contribution < -0.4 is 4.90 Å². The van der Waals surface area contributed by atoms with E-state index in [-0.39, 0.29) is 16.2 Å². The molecule has 0 amide bonds. The zero-order chi connectivity index (χ0) is 37.6. The average molecular weight is 730 g/mol. The summed E-state index contributed by atoms with van der Waals surface area (Å²) in [5.74, 6) is 3.42. The molecule has 4 fully saturated rings. The summed E-state index contributed by atoms with van der Waals surface area (Å²) in [6.07, 6.45) is 9.46. The van der Waals surface area contributed by atoms with E-state index in [4.69, 9.17) is 4.42 Å². The standard InChI is InChI=1S/C54H51NO/c1-52(2)24-25-53(3,4)51-46(52)13-9-14-48(51)55(40-21-23-44-43-11-6-8-15-49(43)56-50(44)32-40)39-19-16-35(17-20-39)36-18-22-42-41-10-5-7-12-45(41)54(47(42)31-36)37-27-33-26-34(29-37)30-38(54)28-33/h5-23,31-34,37-38H,24-30H2,1-4H3. The molecule has 4 bridgehead atoms. The molecule has 1 aromatic heterocycles. The van der Waals surface area contributed by atoms with Crippen molar-refractivity contribution in [3.63, 3.8) is 0 Å². The Bertz CT molecular complexity index is 2700. The van der Waals surface area contributed by atoms with Gasteiger partial charge in [-0.3, -0.25) is 0 Å². The van der Waals surface area contributed by atoms with Gasteiger partial charge >= 0.3 is 0 Å². The van der Waals surface area contributed by atoms with Crippen molar-refractivity contribution in [2.24, 2.45) is 23.7 Å². The van der Waals surface area contributed by atoms with Crippen LogP contribution in [0.15, 0.2) is 132 Å². The Balaban J connectivity index is 0.999. The minimum Gasteiger partial charge on any atom is -0.456 e. The first-order valence-corrected chi connectivity index (χ1v) is 21.4. The van der Waals surface area contributed by atoms with Crippen molar-refractivity contribution in [1.29, 1.82) is 0 Å². The maximum atomic E-state index is 6.49. The van der Waals surface area contributed by atoms with Crippen LogP contribution in [-0.2, 0) is 16.2 Å². The monoisotopic (exact) mass is 729 g/mol. The summed E-state index contributed by atoms with van der Waals surface area (Å²) in [7, 11) is 0. The smallest absolute Gasteiger partial charge is 0.137 e. The largest absolute Gasteiger partial charge is 0.456 e. The topological polar surface area (TPSA) is 16.4 Å². The molecule has 13 rings (SSSR count). The molecule has 1 spiro atoms. The second-order valence-corrected chi connectivity index (χ2v) is 19.6. The van der Waals surface area contributed by atoms with E-state index in [0.29, 0.717) is 0 Å². The lowest BCUT2D eigenvalue weighted by molar-refractivity contribution is -0.0399. The average Bonchev–Trinajstić information content (AvgIpc) is 3.72. The van der Waals surface area contributed by atoms with Gasteiger partial charge in [0.2, 0.25) is 0 Å². The Morgan fingerprint density at radius 3 is 1.95 bits per heavy atom. The minimum absolute atomic E-state index is 0.0407. The third-order valence-corrected chi connectivity index (χ3v) is 15.7. The molecule has 0 saturated heterocycles. The van der Waals surface area contributed by atoms with E-state index in [1.807, 2.05) is 0 Å². The molecule has 4 saturated carbocycles. The van der Waals surface area contributed by atoms with E-state index in [9.17, 15) is 0 Å². The lowest BCUT2D eigenvalue weighted by atomic mass is 9.43. The molecule has 0 unspecified atom stereocenters. The van der Waals surface area contributed by atoms with E-state index in [1.165, 1.54) is 83.3 Å². The summed E-state index contributed by atoms with van der Waals surface area (Å²) in [4.78, 5) is 2.50. The van der Waals surface area contributed by atoms with E-state index >= 15 is 0 Å². The fraction of sp³-hybridized carbons (Fsp3) is 0.333. The van der Waals surface area contributed by atoms with Crippen LogP contribution in [0.5, 0.6) is 0 Å². The van der Waals surface area contributed by atoms with Crippen LogP contribution in [-0.4, -0.2) is 0 Å². The Labute approximate surface area is 331 Å². The second-order valence-electron chi connectivity index (χ2n) is 19.6. The van der Waals surface area contributed by atoms with Gasteiger partial charge in [0.1, 0.15) is 11.2 Å². The van der Waals surface area contributed by atoms with Gasteiger partial charge in [-0.25, -0.2) is 0 Å². The molecule has 6 aromatic carbocycles. The predicted molar refractivity (Wildman–Crippen MR) is 232 cm³/mol. The quantitative estimate of drug-likeness (QED) is 0.179. The zero-order valence-corrected chi connectivity index (χ0v) is 33.2. The van der Waals surface area contributed by atoms with Crippen molar-refractivity contribution in [2.45, 2.75) is 88.9 Å². The second kappa shape index (κ2) is 11.5. The van der Waals surface area contributed by atoms with Gasteiger partial charge in [0.15, 0.2) is 0 Å². The number of rotatable bonds is 4. The van der Waals surface area contributed by atoms with Crippen LogP contribution in [0.2, 0.25) is 0 Å². The number of hydrogen-bond acceptors (Lipinski definition) is 2. The first-order chi connectivity index (χ1) is 27.2. The first-order valence-electron chi connectivity index (χ1n) is 21.4. The molecule has 2 nitrogen and oxygen atoms in total. The van der Waals surface area contributed by atoms with Crippen molar-refractivity contribution in [3.8, 4) is 22.3 Å². The third kappa shape index (κ3) is 4.50. The molecule has 1 heterocycles. The van der Waals surface area contributed by atoms with Crippen molar-refractivity contribution >= 4 is 39.0 Å². The van der Waals surface area contributed by atoms with Crippen LogP contribution in [0.1, 0.15) is 94.9 Å². The molecule has 56 heavy (non-hydrogen) atoms. The summed E-state index contributed by atoms with van der Waals surface area (Å²) in [5.41, 5.74) is 17.5. The molecular weight excluding hydrogens is 679 g/mol. The lowest BCUT2D eigenvalue weighted by Crippen LogP contribution is -2.55. The fourth-order valence-corrected chi connectivity index (χ4v) is 13.3. The number of hydrogen-bond donors (Lipinski definition) is 0. The van der Waals surface area contributed by atoms with Gasteiger partial charge in [-0.2, -0.15) is 0 Å².